The zero-order chi connectivity index (χ0) is 17.1. The van der Waals surface area contributed by atoms with Crippen LogP contribution >= 0.6 is 0 Å². The fourth-order valence-corrected chi connectivity index (χ4v) is 3.05. The van der Waals surface area contributed by atoms with Crippen LogP contribution in [0.25, 0.3) is 16.7 Å². The number of hydrogen-bond donors (Lipinski definition) is 1. The quantitative estimate of drug-likeness (QED) is 0.709. The molecule has 0 unspecified atom stereocenters. The fraction of sp³-hybridized carbons (Fsp3) is 0.300. The predicted molar refractivity (Wildman–Crippen MR) is 95.6 cm³/mol. The number of rotatable bonds is 6. The van der Waals surface area contributed by atoms with Crippen LogP contribution in [0.5, 0.6) is 0 Å². The molecule has 0 saturated carbocycles. The third-order valence-corrected chi connectivity index (χ3v) is 4.15. The second-order valence-corrected chi connectivity index (χ2v) is 6.13. The van der Waals surface area contributed by atoms with Gasteiger partial charge in [0.2, 0.25) is 0 Å². The first-order chi connectivity index (χ1) is 11.6. The zero-order valence-electron chi connectivity index (χ0n) is 14.1. The molecule has 4 nitrogen and oxygen atoms in total. The van der Waals surface area contributed by atoms with E-state index < -0.39 is 0 Å². The van der Waals surface area contributed by atoms with Crippen molar-refractivity contribution in [3.05, 3.63) is 59.4 Å². The van der Waals surface area contributed by atoms with Gasteiger partial charge in [-0.3, -0.25) is 4.57 Å². The van der Waals surface area contributed by atoms with Gasteiger partial charge in [-0.05, 0) is 48.7 Å². The Labute approximate surface area is 141 Å². The zero-order valence-corrected chi connectivity index (χ0v) is 14.1. The minimum Gasteiger partial charge on any atom is -0.393 e. The molecule has 4 heteroatoms. The summed E-state index contributed by atoms with van der Waals surface area (Å²) >= 11 is 0. The summed E-state index contributed by atoms with van der Waals surface area (Å²) in [6.45, 7) is 3.88. The van der Waals surface area contributed by atoms with Crippen LogP contribution in [0.3, 0.4) is 0 Å². The van der Waals surface area contributed by atoms with Crippen molar-refractivity contribution in [2.45, 2.75) is 39.2 Å². The van der Waals surface area contributed by atoms with Gasteiger partial charge in [0.15, 0.2) is 0 Å². The lowest BCUT2D eigenvalue weighted by molar-refractivity contribution is -0.107. The normalized spacial score (nSPS) is 12.5. The van der Waals surface area contributed by atoms with Gasteiger partial charge in [0.25, 0.3) is 0 Å². The van der Waals surface area contributed by atoms with Crippen molar-refractivity contribution in [1.29, 1.82) is 0 Å². The first kappa shape index (κ1) is 16.4. The average molecular weight is 322 g/mol. The molecule has 0 bridgehead atoms. The van der Waals surface area contributed by atoms with Crippen LogP contribution in [0.15, 0.2) is 42.5 Å². The standard InChI is InChI=1S/C20H22N2O2/c1-3-20-21-18-13-16(10-11-23)6-9-19(18)22(20)17-7-4-15(5-8-17)12-14(2)24/h4-9,11,13-14,24H,3,10,12H2,1-2H3/t14-/m0/s1. The number of carbonyl (C=O) groups is 1. The minimum atomic E-state index is -0.340. The number of aliphatic hydroxyl groups excluding tert-OH is 1. The largest absolute Gasteiger partial charge is 0.393 e. The van der Waals surface area contributed by atoms with Crippen LogP contribution in [0.4, 0.5) is 0 Å². The van der Waals surface area contributed by atoms with Gasteiger partial charge in [0, 0.05) is 18.5 Å². The van der Waals surface area contributed by atoms with E-state index in [2.05, 4.69) is 23.6 Å². The molecule has 0 aliphatic heterocycles. The average Bonchev–Trinajstić information content (AvgIpc) is 2.93. The third-order valence-electron chi connectivity index (χ3n) is 4.15. The van der Waals surface area contributed by atoms with Gasteiger partial charge < -0.3 is 9.90 Å². The smallest absolute Gasteiger partial charge is 0.124 e. The number of fused-ring (bicyclic) bond motifs is 1. The molecule has 0 fully saturated rings. The third kappa shape index (κ3) is 3.24. The van der Waals surface area contributed by atoms with E-state index in [-0.39, 0.29) is 6.10 Å². The first-order valence-corrected chi connectivity index (χ1v) is 8.33. The maximum absolute atomic E-state index is 10.7. The van der Waals surface area contributed by atoms with E-state index in [0.717, 1.165) is 46.4 Å². The van der Waals surface area contributed by atoms with Gasteiger partial charge in [-0.1, -0.05) is 25.1 Å². The summed E-state index contributed by atoms with van der Waals surface area (Å²) in [6, 6.07) is 14.2. The molecule has 0 radical (unpaired) electrons. The summed E-state index contributed by atoms with van der Waals surface area (Å²) in [6.07, 6.45) is 2.47. The maximum atomic E-state index is 10.7. The van der Waals surface area contributed by atoms with Crippen molar-refractivity contribution in [2.75, 3.05) is 0 Å². The van der Waals surface area contributed by atoms with Crippen LogP contribution in [-0.4, -0.2) is 27.0 Å². The van der Waals surface area contributed by atoms with Crippen molar-refractivity contribution in [2.24, 2.45) is 0 Å². The summed E-state index contributed by atoms with van der Waals surface area (Å²) < 4.78 is 2.16. The highest BCUT2D eigenvalue weighted by Crippen LogP contribution is 2.23. The summed E-state index contributed by atoms with van der Waals surface area (Å²) in [5.74, 6) is 0.997. The van der Waals surface area contributed by atoms with Gasteiger partial charge in [0.1, 0.15) is 12.1 Å². The molecule has 2 aromatic carbocycles. The Morgan fingerprint density at radius 2 is 1.88 bits per heavy atom. The topological polar surface area (TPSA) is 55.1 Å². The molecule has 1 atom stereocenters. The van der Waals surface area contributed by atoms with Gasteiger partial charge >= 0.3 is 0 Å². The van der Waals surface area contributed by atoms with E-state index in [1.807, 2.05) is 30.3 Å². The van der Waals surface area contributed by atoms with Crippen molar-refractivity contribution in [1.82, 2.24) is 9.55 Å². The van der Waals surface area contributed by atoms with Crippen LogP contribution < -0.4 is 0 Å². The van der Waals surface area contributed by atoms with E-state index >= 15 is 0 Å². The maximum Gasteiger partial charge on any atom is 0.124 e. The second-order valence-electron chi connectivity index (χ2n) is 6.13. The van der Waals surface area contributed by atoms with Crippen LogP contribution in [0.1, 0.15) is 30.8 Å². The molecule has 0 aliphatic carbocycles. The van der Waals surface area contributed by atoms with Gasteiger partial charge in [-0.15, -0.1) is 0 Å². The van der Waals surface area contributed by atoms with Gasteiger partial charge in [0.05, 0.1) is 17.1 Å². The summed E-state index contributed by atoms with van der Waals surface area (Å²) in [5.41, 5.74) is 5.12. The summed E-state index contributed by atoms with van der Waals surface area (Å²) in [5, 5.41) is 9.51. The lowest BCUT2D eigenvalue weighted by Crippen LogP contribution is -2.05. The predicted octanol–water partition coefficient (Wildman–Crippen LogP) is 3.25. The van der Waals surface area contributed by atoms with Crippen molar-refractivity contribution in [3.8, 4) is 5.69 Å². The molecule has 24 heavy (non-hydrogen) atoms. The van der Waals surface area contributed by atoms with Crippen molar-refractivity contribution >= 4 is 17.3 Å². The molecular weight excluding hydrogens is 300 g/mol. The molecule has 0 amide bonds. The summed E-state index contributed by atoms with van der Waals surface area (Å²) in [7, 11) is 0. The summed E-state index contributed by atoms with van der Waals surface area (Å²) in [4.78, 5) is 15.5. The Morgan fingerprint density at radius 1 is 1.17 bits per heavy atom. The fourth-order valence-electron chi connectivity index (χ4n) is 3.05. The Bertz CT molecular complexity index is 848. The van der Waals surface area contributed by atoms with Crippen molar-refractivity contribution < 1.29 is 9.90 Å². The minimum absolute atomic E-state index is 0.340. The Morgan fingerprint density at radius 3 is 2.50 bits per heavy atom. The molecule has 0 saturated heterocycles. The molecule has 3 aromatic rings. The number of aromatic nitrogens is 2. The van der Waals surface area contributed by atoms with Crippen molar-refractivity contribution in [3.63, 3.8) is 0 Å². The van der Waals surface area contributed by atoms with E-state index in [1.54, 1.807) is 6.92 Å². The molecular formula is C20H22N2O2. The van der Waals surface area contributed by atoms with E-state index in [0.29, 0.717) is 12.8 Å². The van der Waals surface area contributed by atoms with Gasteiger partial charge in [-0.25, -0.2) is 4.98 Å². The number of nitrogens with zero attached hydrogens (tertiary/aromatic N) is 2. The Hall–Kier alpha value is -2.46. The number of imidazole rings is 1. The SMILES string of the molecule is CCc1nc2cc(CC=O)ccc2n1-c1ccc(C[C@H](C)O)cc1. The molecule has 3 rings (SSSR count). The highest BCUT2D eigenvalue weighted by atomic mass is 16.3. The number of aldehydes is 1. The van der Waals surface area contributed by atoms with Gasteiger partial charge in [-0.2, -0.15) is 0 Å². The molecule has 1 heterocycles. The van der Waals surface area contributed by atoms with Crippen LogP contribution in [-0.2, 0) is 24.1 Å². The molecule has 0 aliphatic rings. The lowest BCUT2D eigenvalue weighted by Gasteiger charge is -2.10. The first-order valence-electron chi connectivity index (χ1n) is 8.33. The number of carbonyl (C=O) groups excluding carboxylic acids is 1. The highest BCUT2D eigenvalue weighted by molar-refractivity contribution is 5.80. The van der Waals surface area contributed by atoms with E-state index in [9.17, 15) is 9.90 Å². The number of benzene rings is 2. The lowest BCUT2D eigenvalue weighted by atomic mass is 10.1. The van der Waals surface area contributed by atoms with Crippen LogP contribution in [0.2, 0.25) is 0 Å². The number of aliphatic hydroxyl groups is 1. The number of hydrogen-bond acceptors (Lipinski definition) is 3. The van der Waals surface area contributed by atoms with Crippen LogP contribution in [0, 0.1) is 0 Å². The molecule has 1 N–H and O–H groups in total. The highest BCUT2D eigenvalue weighted by Gasteiger charge is 2.12. The van der Waals surface area contributed by atoms with E-state index in [4.69, 9.17) is 4.98 Å². The molecule has 124 valence electrons. The number of aryl methyl sites for hydroxylation is 1. The Kier molecular flexibility index (Phi) is 4.76. The van der Waals surface area contributed by atoms with E-state index in [1.165, 1.54) is 0 Å². The molecule has 0 spiro atoms. The molecule has 1 aromatic heterocycles. The second kappa shape index (κ2) is 6.97. The Balaban J connectivity index is 2.05. The monoisotopic (exact) mass is 322 g/mol.